The third-order valence-electron chi connectivity index (χ3n) is 2.73. The Kier molecular flexibility index (Phi) is 5.96. The number of hydrogen-bond donors (Lipinski definition) is 0. The minimum absolute atomic E-state index is 0.162. The van der Waals surface area contributed by atoms with Gasteiger partial charge in [0, 0.05) is 19.5 Å². The van der Waals surface area contributed by atoms with Crippen LogP contribution in [0.1, 0.15) is 48.9 Å². The van der Waals surface area contributed by atoms with E-state index in [1.165, 1.54) is 6.20 Å². The van der Waals surface area contributed by atoms with Gasteiger partial charge in [0.1, 0.15) is 5.82 Å². The van der Waals surface area contributed by atoms with Crippen LogP contribution in [-0.4, -0.2) is 34.4 Å². The fraction of sp³-hybridized carbons (Fsp3) is 0.500. The molecule has 0 saturated heterocycles. The highest BCUT2D eigenvalue weighted by Crippen LogP contribution is 2.17. The third-order valence-corrected chi connectivity index (χ3v) is 3.01. The molecule has 0 unspecified atom stereocenters. The molecule has 0 aliphatic rings. The summed E-state index contributed by atoms with van der Waals surface area (Å²) in [6, 6.07) is 0. The lowest BCUT2D eigenvalue weighted by molar-refractivity contribution is 0.0787. The Morgan fingerprint density at radius 1 is 1.58 bits per heavy atom. The Labute approximate surface area is 119 Å². The van der Waals surface area contributed by atoms with Crippen LogP contribution in [-0.2, 0) is 0 Å². The number of rotatable bonds is 6. The Morgan fingerprint density at radius 3 is 2.84 bits per heavy atom. The number of unbranched alkanes of at least 4 members (excludes halogenated alkanes) is 1. The number of hydrogen-bond acceptors (Lipinski definition) is 3. The lowest BCUT2D eigenvalue weighted by Crippen LogP contribution is -2.29. The average Bonchev–Trinajstić information content (AvgIpc) is 2.38. The molecule has 1 aromatic heterocycles. The Hall–Kier alpha value is -1.42. The zero-order chi connectivity index (χ0) is 14.4. The summed E-state index contributed by atoms with van der Waals surface area (Å²) in [4.78, 5) is 22.3. The topological polar surface area (TPSA) is 46.1 Å². The molecule has 0 fully saturated rings. The zero-order valence-electron chi connectivity index (χ0n) is 11.7. The van der Waals surface area contributed by atoms with Gasteiger partial charge >= 0.3 is 0 Å². The zero-order valence-corrected chi connectivity index (χ0v) is 12.4. The van der Waals surface area contributed by atoms with Crippen molar-refractivity contribution in [2.45, 2.75) is 32.6 Å². The van der Waals surface area contributed by atoms with Crippen molar-refractivity contribution in [3.63, 3.8) is 0 Å². The highest BCUT2D eigenvalue weighted by atomic mass is 35.5. The first-order valence-electron chi connectivity index (χ1n) is 6.36. The summed E-state index contributed by atoms with van der Waals surface area (Å²) in [5.41, 5.74) is 0.279. The van der Waals surface area contributed by atoms with E-state index < -0.39 is 0 Å². The summed E-state index contributed by atoms with van der Waals surface area (Å²) in [5.74, 6) is 0.625. The lowest BCUT2D eigenvalue weighted by Gasteiger charge is -2.17. The van der Waals surface area contributed by atoms with Crippen molar-refractivity contribution in [2.75, 3.05) is 13.6 Å². The summed E-state index contributed by atoms with van der Waals surface area (Å²) in [6.07, 6.45) is 5.10. The molecular weight excluding hydrogens is 262 g/mol. The maximum absolute atomic E-state index is 12.3. The number of halogens is 1. The Balaban J connectivity index is 2.85. The van der Waals surface area contributed by atoms with E-state index in [1.807, 2.05) is 19.9 Å². The molecule has 0 atom stereocenters. The van der Waals surface area contributed by atoms with E-state index in [0.29, 0.717) is 17.4 Å². The predicted octanol–water partition coefficient (Wildman–Crippen LogP) is 3.29. The van der Waals surface area contributed by atoms with Gasteiger partial charge in [0.2, 0.25) is 0 Å². The monoisotopic (exact) mass is 281 g/mol. The SMILES string of the molecule is C=CCCCN(C)C(=O)c1nc(C(C)C)ncc1Cl. The lowest BCUT2D eigenvalue weighted by atomic mass is 10.2. The fourth-order valence-corrected chi connectivity index (χ4v) is 1.74. The molecule has 1 amide bonds. The van der Waals surface area contributed by atoms with E-state index in [-0.39, 0.29) is 17.5 Å². The average molecular weight is 282 g/mol. The second kappa shape index (κ2) is 7.24. The van der Waals surface area contributed by atoms with E-state index >= 15 is 0 Å². The molecule has 0 bridgehead atoms. The van der Waals surface area contributed by atoms with Crippen molar-refractivity contribution in [1.29, 1.82) is 0 Å². The van der Waals surface area contributed by atoms with E-state index in [4.69, 9.17) is 11.6 Å². The molecule has 104 valence electrons. The molecule has 4 nitrogen and oxygen atoms in total. The van der Waals surface area contributed by atoms with E-state index in [0.717, 1.165) is 12.8 Å². The fourth-order valence-electron chi connectivity index (χ4n) is 1.56. The second-order valence-electron chi connectivity index (χ2n) is 4.74. The van der Waals surface area contributed by atoms with Crippen LogP contribution in [0.3, 0.4) is 0 Å². The standard InChI is InChI=1S/C14H20ClN3O/c1-5-6-7-8-18(4)14(19)12-11(15)9-16-13(17-12)10(2)3/h5,9-10H,1,6-8H2,2-4H3. The van der Waals surface area contributed by atoms with Gasteiger partial charge in [-0.15, -0.1) is 6.58 Å². The molecule has 19 heavy (non-hydrogen) atoms. The summed E-state index contributed by atoms with van der Waals surface area (Å²) >= 11 is 6.01. The van der Waals surface area contributed by atoms with E-state index in [2.05, 4.69) is 16.5 Å². The molecule has 0 spiro atoms. The minimum atomic E-state index is -0.168. The number of nitrogens with zero attached hydrogens (tertiary/aromatic N) is 3. The first kappa shape index (κ1) is 15.6. The van der Waals surface area contributed by atoms with Crippen molar-refractivity contribution < 1.29 is 4.79 Å². The van der Waals surface area contributed by atoms with Gasteiger partial charge in [0.05, 0.1) is 11.2 Å². The Morgan fingerprint density at radius 2 is 2.26 bits per heavy atom. The van der Waals surface area contributed by atoms with Crippen LogP contribution in [0.15, 0.2) is 18.9 Å². The van der Waals surface area contributed by atoms with Crippen molar-refractivity contribution in [3.05, 3.63) is 35.4 Å². The molecule has 5 heteroatoms. The van der Waals surface area contributed by atoms with Gasteiger partial charge < -0.3 is 4.90 Å². The maximum atomic E-state index is 12.3. The quantitative estimate of drug-likeness (QED) is 0.594. The molecule has 0 saturated carbocycles. The third kappa shape index (κ3) is 4.31. The summed E-state index contributed by atoms with van der Waals surface area (Å²) in [6.45, 7) is 8.27. The van der Waals surface area contributed by atoms with Gasteiger partial charge in [-0.2, -0.15) is 0 Å². The number of aromatic nitrogens is 2. The normalized spacial score (nSPS) is 10.6. The minimum Gasteiger partial charge on any atom is -0.340 e. The van der Waals surface area contributed by atoms with Crippen LogP contribution in [0.4, 0.5) is 0 Å². The first-order valence-corrected chi connectivity index (χ1v) is 6.74. The first-order chi connectivity index (χ1) is 8.97. The van der Waals surface area contributed by atoms with Gasteiger partial charge in [-0.3, -0.25) is 4.79 Å². The summed E-state index contributed by atoms with van der Waals surface area (Å²) < 4.78 is 0. The molecule has 1 rings (SSSR count). The van der Waals surface area contributed by atoms with Crippen molar-refractivity contribution in [3.8, 4) is 0 Å². The van der Waals surface area contributed by atoms with Crippen LogP contribution in [0.25, 0.3) is 0 Å². The van der Waals surface area contributed by atoms with Crippen molar-refractivity contribution in [2.24, 2.45) is 0 Å². The van der Waals surface area contributed by atoms with Gasteiger partial charge in [-0.1, -0.05) is 31.5 Å². The highest BCUT2D eigenvalue weighted by Gasteiger charge is 2.18. The van der Waals surface area contributed by atoms with Crippen LogP contribution in [0.5, 0.6) is 0 Å². The molecular formula is C14H20ClN3O. The number of amides is 1. The molecule has 0 aliphatic carbocycles. The number of carbonyl (C=O) groups excluding carboxylic acids is 1. The van der Waals surface area contributed by atoms with Gasteiger partial charge in [-0.25, -0.2) is 9.97 Å². The van der Waals surface area contributed by atoms with E-state index in [9.17, 15) is 4.79 Å². The molecule has 0 N–H and O–H groups in total. The largest absolute Gasteiger partial charge is 0.340 e. The Bertz CT molecular complexity index is 460. The predicted molar refractivity (Wildman–Crippen MR) is 77.5 cm³/mol. The summed E-state index contributed by atoms with van der Waals surface area (Å²) in [5, 5.41) is 0.296. The summed E-state index contributed by atoms with van der Waals surface area (Å²) in [7, 11) is 1.75. The van der Waals surface area contributed by atoms with Gasteiger partial charge in [0.15, 0.2) is 5.69 Å². The van der Waals surface area contributed by atoms with Crippen LogP contribution in [0, 0.1) is 0 Å². The van der Waals surface area contributed by atoms with Crippen molar-refractivity contribution >= 4 is 17.5 Å². The van der Waals surface area contributed by atoms with E-state index in [1.54, 1.807) is 11.9 Å². The van der Waals surface area contributed by atoms with Gasteiger partial charge in [-0.05, 0) is 12.8 Å². The smallest absolute Gasteiger partial charge is 0.273 e. The molecule has 0 radical (unpaired) electrons. The molecule has 0 aromatic carbocycles. The molecule has 0 aliphatic heterocycles. The number of allylic oxidation sites excluding steroid dienone is 1. The van der Waals surface area contributed by atoms with Gasteiger partial charge in [0.25, 0.3) is 5.91 Å². The maximum Gasteiger partial charge on any atom is 0.273 e. The van der Waals surface area contributed by atoms with Crippen LogP contribution < -0.4 is 0 Å². The highest BCUT2D eigenvalue weighted by molar-refractivity contribution is 6.33. The van der Waals surface area contributed by atoms with Crippen molar-refractivity contribution in [1.82, 2.24) is 14.9 Å². The second-order valence-corrected chi connectivity index (χ2v) is 5.14. The van der Waals surface area contributed by atoms with Crippen LogP contribution >= 0.6 is 11.6 Å². The molecule has 1 heterocycles. The number of carbonyl (C=O) groups is 1. The van der Waals surface area contributed by atoms with Crippen LogP contribution in [0.2, 0.25) is 5.02 Å². The molecule has 1 aromatic rings.